The Labute approximate surface area is 84.9 Å². The molecule has 3 nitrogen and oxygen atoms in total. The lowest BCUT2D eigenvalue weighted by Crippen LogP contribution is -2.10. The number of aromatic nitrogens is 1. The number of hydrogen-bond donors (Lipinski definition) is 2. The minimum Gasteiger partial charge on any atom is -0.386 e. The zero-order valence-electron chi connectivity index (χ0n) is 6.84. The molecule has 1 unspecified atom stereocenters. The van der Waals surface area contributed by atoms with Crippen LogP contribution in [-0.2, 0) is 0 Å². The molecule has 0 aliphatic carbocycles. The summed E-state index contributed by atoms with van der Waals surface area (Å²) in [5, 5.41) is 8.58. The molecule has 0 aliphatic rings. The van der Waals surface area contributed by atoms with Crippen molar-refractivity contribution in [2.24, 2.45) is 5.73 Å². The number of pyridine rings is 1. The fraction of sp³-hybridized carbons (Fsp3) is 0.125. The molecule has 0 radical (unpaired) electrons. The quantitative estimate of drug-likeness (QED) is 0.570. The molecule has 1 rings (SSSR count). The van der Waals surface area contributed by atoms with Gasteiger partial charge in [0.25, 0.3) is 0 Å². The van der Waals surface area contributed by atoms with E-state index in [-0.39, 0.29) is 0 Å². The molecule has 5 heteroatoms. The van der Waals surface area contributed by atoms with E-state index >= 15 is 0 Å². The van der Waals surface area contributed by atoms with Crippen LogP contribution in [0.5, 0.6) is 0 Å². The summed E-state index contributed by atoms with van der Waals surface area (Å²) in [5.41, 5.74) is 5.54. The summed E-state index contributed by atoms with van der Waals surface area (Å²) in [7, 11) is -0.807. The molecule has 1 aromatic heterocycles. The van der Waals surface area contributed by atoms with Crippen LogP contribution in [0.25, 0.3) is 0 Å². The highest BCUT2D eigenvalue weighted by Crippen LogP contribution is 2.34. The van der Waals surface area contributed by atoms with Crippen molar-refractivity contribution < 1.29 is 0 Å². The van der Waals surface area contributed by atoms with Gasteiger partial charge in [-0.25, -0.2) is 0 Å². The number of thiocarbonyl (C=S) groups is 1. The van der Waals surface area contributed by atoms with Crippen molar-refractivity contribution >= 4 is 27.4 Å². The molecule has 0 aromatic carbocycles. The summed E-state index contributed by atoms with van der Waals surface area (Å²) in [4.78, 5) is 4.90. The van der Waals surface area contributed by atoms with Crippen LogP contribution in [0.4, 0.5) is 0 Å². The molecular weight excluding hydrogens is 202 g/mol. The highest BCUT2D eigenvalue weighted by molar-refractivity contribution is 8.36. The normalized spacial score (nSPS) is 13.0. The van der Waals surface area contributed by atoms with Gasteiger partial charge in [-0.1, -0.05) is 12.2 Å². The van der Waals surface area contributed by atoms with Crippen LogP contribution in [0, 0.1) is 11.3 Å². The van der Waals surface area contributed by atoms with E-state index < -0.39 is 10.9 Å². The summed E-state index contributed by atoms with van der Waals surface area (Å²) in [5.74, 6) is 0.384. The van der Waals surface area contributed by atoms with Gasteiger partial charge in [-0.3, -0.25) is 4.98 Å². The van der Waals surface area contributed by atoms with Crippen LogP contribution in [0.2, 0.25) is 0 Å². The van der Waals surface area contributed by atoms with Gasteiger partial charge in [-0.15, -0.1) is 0 Å². The molecule has 0 spiro atoms. The first-order valence-corrected chi connectivity index (χ1v) is 5.53. The maximum absolute atomic E-state index is 8.58. The molecule has 0 fully saturated rings. The summed E-state index contributed by atoms with van der Waals surface area (Å²) in [6.45, 7) is 0. The topological polar surface area (TPSA) is 62.7 Å². The average Bonchev–Trinajstić information content (AvgIpc) is 2.15. The first kappa shape index (κ1) is 9.96. The van der Waals surface area contributed by atoms with E-state index in [1.54, 1.807) is 12.4 Å². The lowest BCUT2D eigenvalue weighted by Gasteiger charge is -2.15. The molecule has 1 heterocycles. The number of rotatable bonds is 2. The Balaban J connectivity index is 2.90. The highest BCUT2D eigenvalue weighted by atomic mass is 32.2. The van der Waals surface area contributed by atoms with Crippen molar-refractivity contribution in [1.29, 1.82) is 5.26 Å². The summed E-state index contributed by atoms with van der Waals surface area (Å²) < 4.78 is 0.419. The van der Waals surface area contributed by atoms with Crippen molar-refractivity contribution in [1.82, 2.24) is 4.98 Å². The first-order valence-electron chi connectivity index (χ1n) is 3.59. The van der Waals surface area contributed by atoms with E-state index in [2.05, 4.69) is 11.1 Å². The third kappa shape index (κ3) is 2.68. The van der Waals surface area contributed by atoms with E-state index in [0.717, 1.165) is 4.90 Å². The lowest BCUT2D eigenvalue weighted by molar-refractivity contribution is 1.26. The van der Waals surface area contributed by atoms with Crippen LogP contribution in [0.3, 0.4) is 0 Å². The fourth-order valence-corrected chi connectivity index (χ4v) is 2.63. The van der Waals surface area contributed by atoms with Gasteiger partial charge < -0.3 is 5.73 Å². The smallest absolute Gasteiger partial charge is 0.116 e. The van der Waals surface area contributed by atoms with Crippen molar-refractivity contribution in [3.8, 4) is 6.07 Å². The molecule has 0 amide bonds. The van der Waals surface area contributed by atoms with E-state index in [0.29, 0.717) is 10.1 Å². The van der Waals surface area contributed by atoms with E-state index in [9.17, 15) is 0 Å². The second kappa shape index (κ2) is 4.80. The van der Waals surface area contributed by atoms with Gasteiger partial charge in [0.1, 0.15) is 4.32 Å². The van der Waals surface area contributed by atoms with Gasteiger partial charge >= 0.3 is 0 Å². The third-order valence-electron chi connectivity index (χ3n) is 1.47. The molecule has 1 atom stereocenters. The zero-order valence-corrected chi connectivity index (χ0v) is 8.55. The van der Waals surface area contributed by atoms with Crippen LogP contribution in [0.1, 0.15) is 0 Å². The van der Waals surface area contributed by atoms with Crippen molar-refractivity contribution in [3.63, 3.8) is 0 Å². The summed E-state index contributed by atoms with van der Waals surface area (Å²) in [6, 6.07) is 5.79. The van der Waals surface area contributed by atoms with Crippen LogP contribution < -0.4 is 5.73 Å². The SMILES string of the molecule is N#CC[SH](C(N)=S)c1ccncc1. The van der Waals surface area contributed by atoms with E-state index in [1.165, 1.54) is 0 Å². The predicted molar refractivity (Wildman–Crippen MR) is 58.8 cm³/mol. The molecular formula is C8H9N3S2. The second-order valence-corrected chi connectivity index (χ2v) is 5.20. The van der Waals surface area contributed by atoms with Gasteiger partial charge in [0.05, 0.1) is 11.8 Å². The van der Waals surface area contributed by atoms with Gasteiger partial charge in [0.15, 0.2) is 0 Å². The molecule has 0 saturated heterocycles. The van der Waals surface area contributed by atoms with E-state index in [1.807, 2.05) is 12.1 Å². The first-order chi connectivity index (χ1) is 6.25. The number of nitrogens with two attached hydrogens (primary N) is 1. The lowest BCUT2D eigenvalue weighted by atomic mass is 10.5. The molecule has 0 bridgehead atoms. The maximum atomic E-state index is 8.58. The minimum absolute atomic E-state index is 0.384. The van der Waals surface area contributed by atoms with Crippen LogP contribution in [0.15, 0.2) is 29.4 Å². The molecule has 0 saturated carbocycles. The Morgan fingerprint density at radius 1 is 1.62 bits per heavy atom. The molecule has 0 aliphatic heterocycles. The van der Waals surface area contributed by atoms with Crippen molar-refractivity contribution in [3.05, 3.63) is 24.5 Å². The van der Waals surface area contributed by atoms with Crippen LogP contribution >= 0.6 is 23.1 Å². The van der Waals surface area contributed by atoms with Crippen molar-refractivity contribution in [2.45, 2.75) is 4.90 Å². The number of nitriles is 1. The van der Waals surface area contributed by atoms with Crippen LogP contribution in [-0.4, -0.2) is 15.1 Å². The minimum atomic E-state index is -0.807. The Bertz CT molecular complexity index is 331. The Morgan fingerprint density at radius 2 is 2.23 bits per heavy atom. The molecule has 1 aromatic rings. The zero-order chi connectivity index (χ0) is 9.68. The standard InChI is InChI=1S/C8H9N3S2/c9-3-6-13(8(10)12)7-1-4-11-5-2-7/h1-2,4-5,13H,6H2,(H2,10,12). The average molecular weight is 211 g/mol. The summed E-state index contributed by atoms with van der Waals surface area (Å²) in [6.07, 6.45) is 3.36. The summed E-state index contributed by atoms with van der Waals surface area (Å²) >= 11 is 4.90. The van der Waals surface area contributed by atoms with Gasteiger partial charge in [0, 0.05) is 12.4 Å². The monoisotopic (exact) mass is 211 g/mol. The third-order valence-corrected chi connectivity index (χ3v) is 4.04. The van der Waals surface area contributed by atoms with Gasteiger partial charge in [0.2, 0.25) is 0 Å². The van der Waals surface area contributed by atoms with Gasteiger partial charge in [-0.2, -0.15) is 16.2 Å². The maximum Gasteiger partial charge on any atom is 0.116 e. The molecule has 13 heavy (non-hydrogen) atoms. The fourth-order valence-electron chi connectivity index (χ4n) is 0.891. The second-order valence-electron chi connectivity index (χ2n) is 2.29. The molecule has 2 N–H and O–H groups in total. The number of thiol groups is 1. The number of hydrogen-bond acceptors (Lipinski definition) is 3. The Morgan fingerprint density at radius 3 is 2.69 bits per heavy atom. The highest BCUT2D eigenvalue weighted by Gasteiger charge is 2.08. The van der Waals surface area contributed by atoms with E-state index in [4.69, 9.17) is 23.2 Å². The Kier molecular flexibility index (Phi) is 3.68. The largest absolute Gasteiger partial charge is 0.386 e. The molecule has 68 valence electrons. The Hall–Kier alpha value is -1.12. The number of nitrogens with zero attached hydrogens (tertiary/aromatic N) is 2. The predicted octanol–water partition coefficient (Wildman–Crippen LogP) is 1.21. The van der Waals surface area contributed by atoms with Crippen molar-refractivity contribution in [2.75, 3.05) is 5.75 Å². The van der Waals surface area contributed by atoms with Gasteiger partial charge in [-0.05, 0) is 17.0 Å².